The summed E-state index contributed by atoms with van der Waals surface area (Å²) in [6, 6.07) is 10.7. The van der Waals surface area contributed by atoms with Crippen LogP contribution in [0.4, 0.5) is 5.69 Å². The largest absolute Gasteiger partial charge is 0.373 e. The molecule has 0 bridgehead atoms. The van der Waals surface area contributed by atoms with Crippen molar-refractivity contribution in [1.82, 2.24) is 5.32 Å². The van der Waals surface area contributed by atoms with Gasteiger partial charge in [-0.3, -0.25) is 0 Å². The van der Waals surface area contributed by atoms with Gasteiger partial charge in [0.05, 0.1) is 11.3 Å². The van der Waals surface area contributed by atoms with Crippen molar-refractivity contribution in [2.75, 3.05) is 25.0 Å². The molecule has 1 unspecified atom stereocenters. The fourth-order valence-electron chi connectivity index (χ4n) is 2.54. The molecule has 1 saturated heterocycles. The maximum absolute atomic E-state index is 9.10. The standard InChI is InChI=1S/C15H21N3/c1-18(11-9-14-7-4-5-10-17-14)15-8-3-2-6-13(15)12-16/h2-3,6,8,14,17H,4-5,7,9-11H2,1H3. The van der Waals surface area contributed by atoms with E-state index < -0.39 is 0 Å². The summed E-state index contributed by atoms with van der Waals surface area (Å²) in [4.78, 5) is 2.19. The van der Waals surface area contributed by atoms with Gasteiger partial charge in [0, 0.05) is 19.6 Å². The highest BCUT2D eigenvalue weighted by Gasteiger charge is 2.14. The van der Waals surface area contributed by atoms with Crippen molar-refractivity contribution >= 4 is 5.69 Å². The number of anilines is 1. The number of piperidine rings is 1. The Bertz CT molecular complexity index is 416. The third-order valence-electron chi connectivity index (χ3n) is 3.66. The lowest BCUT2D eigenvalue weighted by Gasteiger charge is -2.27. The van der Waals surface area contributed by atoms with Gasteiger partial charge in [0.1, 0.15) is 6.07 Å². The topological polar surface area (TPSA) is 39.1 Å². The average molecular weight is 243 g/mol. The Morgan fingerprint density at radius 3 is 2.94 bits per heavy atom. The summed E-state index contributed by atoms with van der Waals surface area (Å²) in [5.74, 6) is 0. The molecule has 1 N–H and O–H groups in total. The van der Waals surface area contributed by atoms with E-state index in [0.717, 1.165) is 30.8 Å². The minimum absolute atomic E-state index is 0.649. The summed E-state index contributed by atoms with van der Waals surface area (Å²) < 4.78 is 0. The number of nitrogens with one attached hydrogen (secondary N) is 1. The van der Waals surface area contributed by atoms with Gasteiger partial charge in [0.15, 0.2) is 0 Å². The molecule has 1 aliphatic heterocycles. The lowest BCUT2D eigenvalue weighted by molar-refractivity contribution is 0.384. The van der Waals surface area contributed by atoms with Crippen LogP contribution < -0.4 is 10.2 Å². The molecule has 0 aromatic heterocycles. The molecule has 96 valence electrons. The first-order valence-electron chi connectivity index (χ1n) is 6.75. The second kappa shape index (κ2) is 6.42. The van der Waals surface area contributed by atoms with E-state index in [2.05, 4.69) is 23.3 Å². The predicted molar refractivity (Wildman–Crippen MR) is 74.7 cm³/mol. The smallest absolute Gasteiger partial charge is 0.101 e. The van der Waals surface area contributed by atoms with Gasteiger partial charge < -0.3 is 10.2 Å². The van der Waals surface area contributed by atoms with Crippen LogP contribution in [0, 0.1) is 11.3 Å². The Kier molecular flexibility index (Phi) is 4.60. The van der Waals surface area contributed by atoms with Gasteiger partial charge >= 0.3 is 0 Å². The van der Waals surface area contributed by atoms with Crippen LogP contribution in [0.2, 0.25) is 0 Å². The van der Waals surface area contributed by atoms with Crippen LogP contribution in [-0.2, 0) is 0 Å². The maximum atomic E-state index is 9.10. The summed E-state index contributed by atoms with van der Waals surface area (Å²) in [6.07, 6.45) is 5.09. The Hall–Kier alpha value is -1.53. The van der Waals surface area contributed by atoms with Crippen LogP contribution in [0.1, 0.15) is 31.2 Å². The first-order chi connectivity index (χ1) is 8.81. The van der Waals surface area contributed by atoms with Crippen molar-refractivity contribution in [2.45, 2.75) is 31.7 Å². The number of rotatable bonds is 4. The first-order valence-corrected chi connectivity index (χ1v) is 6.75. The molecule has 1 aromatic carbocycles. The Morgan fingerprint density at radius 1 is 1.39 bits per heavy atom. The van der Waals surface area contributed by atoms with E-state index in [-0.39, 0.29) is 0 Å². The highest BCUT2D eigenvalue weighted by Crippen LogP contribution is 2.19. The van der Waals surface area contributed by atoms with Crippen molar-refractivity contribution in [3.63, 3.8) is 0 Å². The molecular weight excluding hydrogens is 222 g/mol. The first kappa shape index (κ1) is 12.9. The Morgan fingerprint density at radius 2 is 2.22 bits per heavy atom. The summed E-state index contributed by atoms with van der Waals surface area (Å²) in [5.41, 5.74) is 1.80. The molecule has 1 aromatic rings. The molecule has 1 fully saturated rings. The fraction of sp³-hybridized carbons (Fsp3) is 0.533. The number of nitrogens with zero attached hydrogens (tertiary/aromatic N) is 2. The van der Waals surface area contributed by atoms with E-state index >= 15 is 0 Å². The van der Waals surface area contributed by atoms with E-state index in [1.165, 1.54) is 19.3 Å². The number of hydrogen-bond donors (Lipinski definition) is 1. The second-order valence-electron chi connectivity index (χ2n) is 4.99. The molecule has 0 spiro atoms. The zero-order valence-corrected chi connectivity index (χ0v) is 11.0. The zero-order valence-electron chi connectivity index (χ0n) is 11.0. The van der Waals surface area contributed by atoms with Crippen molar-refractivity contribution in [3.8, 4) is 6.07 Å². The molecule has 1 aliphatic rings. The number of benzene rings is 1. The number of hydrogen-bond acceptors (Lipinski definition) is 3. The molecule has 3 nitrogen and oxygen atoms in total. The van der Waals surface area contributed by atoms with E-state index in [9.17, 15) is 0 Å². The van der Waals surface area contributed by atoms with Gasteiger partial charge in [-0.25, -0.2) is 0 Å². The second-order valence-corrected chi connectivity index (χ2v) is 4.99. The highest BCUT2D eigenvalue weighted by molar-refractivity contribution is 5.58. The van der Waals surface area contributed by atoms with Gasteiger partial charge in [-0.2, -0.15) is 5.26 Å². The predicted octanol–water partition coefficient (Wildman–Crippen LogP) is 2.53. The number of nitriles is 1. The molecule has 2 rings (SSSR count). The normalized spacial score (nSPS) is 19.2. The molecule has 0 saturated carbocycles. The number of para-hydroxylation sites is 1. The van der Waals surface area contributed by atoms with Gasteiger partial charge in [0.2, 0.25) is 0 Å². The molecule has 0 aliphatic carbocycles. The van der Waals surface area contributed by atoms with Crippen LogP contribution in [-0.4, -0.2) is 26.2 Å². The molecule has 18 heavy (non-hydrogen) atoms. The van der Waals surface area contributed by atoms with Crippen LogP contribution in [0.3, 0.4) is 0 Å². The van der Waals surface area contributed by atoms with Crippen molar-refractivity contribution in [3.05, 3.63) is 29.8 Å². The lowest BCUT2D eigenvalue weighted by atomic mass is 10.0. The summed E-state index contributed by atoms with van der Waals surface area (Å²) >= 11 is 0. The van der Waals surface area contributed by atoms with Gasteiger partial charge in [0.25, 0.3) is 0 Å². The van der Waals surface area contributed by atoms with Crippen LogP contribution in [0.15, 0.2) is 24.3 Å². The minimum atomic E-state index is 0.649. The van der Waals surface area contributed by atoms with E-state index in [0.29, 0.717) is 6.04 Å². The fourth-order valence-corrected chi connectivity index (χ4v) is 2.54. The Labute approximate surface area is 109 Å². The van der Waals surface area contributed by atoms with E-state index in [4.69, 9.17) is 5.26 Å². The molecule has 0 radical (unpaired) electrons. The third kappa shape index (κ3) is 3.24. The maximum Gasteiger partial charge on any atom is 0.101 e. The van der Waals surface area contributed by atoms with Gasteiger partial charge in [-0.05, 0) is 37.9 Å². The summed E-state index contributed by atoms with van der Waals surface area (Å²) in [5, 5.41) is 12.7. The van der Waals surface area contributed by atoms with E-state index in [1.54, 1.807) is 0 Å². The molecule has 3 heteroatoms. The SMILES string of the molecule is CN(CCC1CCCCN1)c1ccccc1C#N. The molecule has 1 atom stereocenters. The van der Waals surface area contributed by atoms with Crippen LogP contribution in [0.25, 0.3) is 0 Å². The Balaban J connectivity index is 1.91. The van der Waals surface area contributed by atoms with Crippen molar-refractivity contribution < 1.29 is 0 Å². The molecule has 1 heterocycles. The van der Waals surface area contributed by atoms with Crippen molar-refractivity contribution in [2.24, 2.45) is 0 Å². The monoisotopic (exact) mass is 243 g/mol. The molecule has 0 amide bonds. The summed E-state index contributed by atoms with van der Waals surface area (Å²) in [6.45, 7) is 2.15. The van der Waals surface area contributed by atoms with Crippen molar-refractivity contribution in [1.29, 1.82) is 5.26 Å². The highest BCUT2D eigenvalue weighted by atomic mass is 15.1. The van der Waals surface area contributed by atoms with Gasteiger partial charge in [-0.15, -0.1) is 0 Å². The van der Waals surface area contributed by atoms with Crippen LogP contribution >= 0.6 is 0 Å². The average Bonchev–Trinajstić information content (AvgIpc) is 2.45. The van der Waals surface area contributed by atoms with E-state index in [1.807, 2.05) is 24.3 Å². The quantitative estimate of drug-likeness (QED) is 0.883. The zero-order chi connectivity index (χ0) is 12.8. The summed E-state index contributed by atoms with van der Waals surface area (Å²) in [7, 11) is 2.07. The molecular formula is C15H21N3. The minimum Gasteiger partial charge on any atom is -0.373 e. The third-order valence-corrected chi connectivity index (χ3v) is 3.66. The van der Waals surface area contributed by atoms with Crippen LogP contribution in [0.5, 0.6) is 0 Å². The lowest BCUT2D eigenvalue weighted by Crippen LogP contribution is -2.36. The van der Waals surface area contributed by atoms with Gasteiger partial charge in [-0.1, -0.05) is 18.6 Å².